The summed E-state index contributed by atoms with van der Waals surface area (Å²) in [6, 6.07) is 6.25. The summed E-state index contributed by atoms with van der Waals surface area (Å²) in [4.78, 5) is 0. The van der Waals surface area contributed by atoms with Gasteiger partial charge in [-0.15, -0.1) is 0 Å². The molecule has 0 aromatic heterocycles. The fourth-order valence-electron chi connectivity index (χ4n) is 0.930. The number of nitriles is 1. The molecular formula is C11H13F2NO. The van der Waals surface area contributed by atoms with Gasteiger partial charge >= 0.3 is 6.61 Å². The minimum Gasteiger partial charge on any atom is -0.433 e. The van der Waals surface area contributed by atoms with Crippen LogP contribution in [-0.2, 0) is 0 Å². The van der Waals surface area contributed by atoms with Crippen LogP contribution in [0.3, 0.4) is 0 Å². The lowest BCUT2D eigenvalue weighted by Gasteiger charge is -2.05. The minimum atomic E-state index is -2.89. The van der Waals surface area contributed by atoms with Gasteiger partial charge in [0.15, 0.2) is 0 Å². The maximum absolute atomic E-state index is 11.8. The molecule has 0 atom stereocenters. The second-order valence-corrected chi connectivity index (χ2v) is 2.49. The first-order valence-corrected chi connectivity index (χ1v) is 4.59. The minimum absolute atomic E-state index is 0.0805. The first-order valence-electron chi connectivity index (χ1n) is 4.59. The summed E-state index contributed by atoms with van der Waals surface area (Å²) in [5.74, 6) is -0.0805. The van der Waals surface area contributed by atoms with Gasteiger partial charge in [0, 0.05) is 0 Å². The number of nitrogens with zero attached hydrogens (tertiary/aromatic N) is 1. The number of aryl methyl sites for hydroxylation is 1. The van der Waals surface area contributed by atoms with E-state index in [-0.39, 0.29) is 11.3 Å². The van der Waals surface area contributed by atoms with Gasteiger partial charge in [0.1, 0.15) is 11.8 Å². The molecule has 0 radical (unpaired) electrons. The third-order valence-corrected chi connectivity index (χ3v) is 1.47. The number of ether oxygens (including phenoxy) is 1. The van der Waals surface area contributed by atoms with Crippen LogP contribution in [0.25, 0.3) is 0 Å². The highest BCUT2D eigenvalue weighted by atomic mass is 19.3. The van der Waals surface area contributed by atoms with Gasteiger partial charge in [-0.2, -0.15) is 14.0 Å². The molecule has 0 saturated heterocycles. The normalized spacial score (nSPS) is 8.87. The summed E-state index contributed by atoms with van der Waals surface area (Å²) >= 11 is 0. The molecule has 0 spiro atoms. The summed E-state index contributed by atoms with van der Waals surface area (Å²) < 4.78 is 27.7. The third-order valence-electron chi connectivity index (χ3n) is 1.47. The maximum atomic E-state index is 11.8. The number of benzene rings is 1. The van der Waals surface area contributed by atoms with Crippen molar-refractivity contribution in [1.82, 2.24) is 0 Å². The number of rotatable bonds is 2. The fraction of sp³-hybridized carbons (Fsp3) is 0.364. The molecule has 0 unspecified atom stereocenters. The molecule has 4 heteroatoms. The Balaban J connectivity index is 0.000000921. The molecule has 0 N–H and O–H groups in total. The van der Waals surface area contributed by atoms with Gasteiger partial charge in [0.05, 0.1) is 5.56 Å². The summed E-state index contributed by atoms with van der Waals surface area (Å²) in [7, 11) is 0. The average molecular weight is 213 g/mol. The zero-order valence-corrected chi connectivity index (χ0v) is 8.92. The van der Waals surface area contributed by atoms with Crippen molar-refractivity contribution >= 4 is 0 Å². The van der Waals surface area contributed by atoms with Gasteiger partial charge in [-0.05, 0) is 24.6 Å². The van der Waals surface area contributed by atoms with Crippen LogP contribution < -0.4 is 4.74 Å². The van der Waals surface area contributed by atoms with Crippen LogP contribution in [0, 0.1) is 18.3 Å². The highest BCUT2D eigenvalue weighted by molar-refractivity contribution is 5.45. The Morgan fingerprint density at radius 1 is 1.33 bits per heavy atom. The van der Waals surface area contributed by atoms with Crippen molar-refractivity contribution in [3.05, 3.63) is 29.3 Å². The van der Waals surface area contributed by atoms with E-state index in [1.54, 1.807) is 19.1 Å². The quantitative estimate of drug-likeness (QED) is 0.753. The molecule has 82 valence electrons. The fourth-order valence-corrected chi connectivity index (χ4v) is 0.930. The molecule has 0 saturated carbocycles. The van der Waals surface area contributed by atoms with Gasteiger partial charge in [-0.3, -0.25) is 0 Å². The van der Waals surface area contributed by atoms with Crippen molar-refractivity contribution in [3.63, 3.8) is 0 Å². The van der Waals surface area contributed by atoms with Crippen LogP contribution in [0.2, 0.25) is 0 Å². The van der Waals surface area contributed by atoms with Gasteiger partial charge < -0.3 is 4.74 Å². The number of alkyl halides is 2. The molecule has 0 fully saturated rings. The van der Waals surface area contributed by atoms with E-state index in [2.05, 4.69) is 4.74 Å². The van der Waals surface area contributed by atoms with Crippen molar-refractivity contribution in [1.29, 1.82) is 5.26 Å². The molecular weight excluding hydrogens is 200 g/mol. The molecule has 0 amide bonds. The number of halogens is 2. The molecule has 0 aliphatic heterocycles. The van der Waals surface area contributed by atoms with Crippen LogP contribution in [0.4, 0.5) is 8.78 Å². The third kappa shape index (κ3) is 4.41. The van der Waals surface area contributed by atoms with E-state index in [0.717, 1.165) is 5.56 Å². The molecule has 1 aromatic rings. The Morgan fingerprint density at radius 2 is 1.93 bits per heavy atom. The van der Waals surface area contributed by atoms with Crippen LogP contribution in [0.1, 0.15) is 25.0 Å². The van der Waals surface area contributed by atoms with Crippen LogP contribution in [-0.4, -0.2) is 6.61 Å². The summed E-state index contributed by atoms with van der Waals surface area (Å²) in [6.45, 7) is 2.88. The molecule has 0 bridgehead atoms. The first-order chi connectivity index (χ1) is 7.13. The first kappa shape index (κ1) is 13.4. The zero-order chi connectivity index (χ0) is 11.8. The smallest absolute Gasteiger partial charge is 0.387 e. The highest BCUT2D eigenvalue weighted by Gasteiger charge is 2.08. The van der Waals surface area contributed by atoms with E-state index >= 15 is 0 Å². The Kier molecular flexibility index (Phi) is 6.03. The lowest BCUT2D eigenvalue weighted by atomic mass is 10.1. The predicted molar refractivity (Wildman–Crippen MR) is 53.9 cm³/mol. The van der Waals surface area contributed by atoms with Crippen molar-refractivity contribution in [2.75, 3.05) is 0 Å². The van der Waals surface area contributed by atoms with Crippen LogP contribution in [0.15, 0.2) is 18.2 Å². The second kappa shape index (κ2) is 6.77. The average Bonchev–Trinajstić information content (AvgIpc) is 2.23. The van der Waals surface area contributed by atoms with Crippen molar-refractivity contribution < 1.29 is 13.5 Å². The molecule has 15 heavy (non-hydrogen) atoms. The van der Waals surface area contributed by atoms with E-state index in [4.69, 9.17) is 5.26 Å². The Labute approximate surface area is 88.1 Å². The highest BCUT2D eigenvalue weighted by Crippen LogP contribution is 2.20. The zero-order valence-electron chi connectivity index (χ0n) is 8.92. The van der Waals surface area contributed by atoms with E-state index in [9.17, 15) is 8.78 Å². The van der Waals surface area contributed by atoms with Crippen molar-refractivity contribution in [2.24, 2.45) is 0 Å². The maximum Gasteiger partial charge on any atom is 0.387 e. The second-order valence-electron chi connectivity index (χ2n) is 2.49. The summed E-state index contributed by atoms with van der Waals surface area (Å²) in [5, 5.41) is 8.58. The summed E-state index contributed by atoms with van der Waals surface area (Å²) in [6.07, 6.45) is 0. The van der Waals surface area contributed by atoms with Crippen LogP contribution in [0.5, 0.6) is 5.75 Å². The Hall–Kier alpha value is -1.63. The van der Waals surface area contributed by atoms with Crippen molar-refractivity contribution in [3.8, 4) is 11.8 Å². The van der Waals surface area contributed by atoms with E-state index in [1.165, 1.54) is 12.1 Å². The molecule has 1 aromatic carbocycles. The van der Waals surface area contributed by atoms with E-state index < -0.39 is 6.61 Å². The lowest BCUT2D eigenvalue weighted by molar-refractivity contribution is -0.0500. The lowest BCUT2D eigenvalue weighted by Crippen LogP contribution is -2.03. The molecule has 2 nitrogen and oxygen atoms in total. The van der Waals surface area contributed by atoms with Gasteiger partial charge in [-0.25, -0.2) is 0 Å². The molecule has 0 aliphatic carbocycles. The summed E-state index contributed by atoms with van der Waals surface area (Å²) in [5.41, 5.74) is 0.957. The topological polar surface area (TPSA) is 33.0 Å². The van der Waals surface area contributed by atoms with Crippen molar-refractivity contribution in [2.45, 2.75) is 27.4 Å². The SMILES string of the molecule is CC.Cc1ccc(OC(F)F)c(C#N)c1. The van der Waals surface area contributed by atoms with Gasteiger partial charge in [0.25, 0.3) is 0 Å². The molecule has 0 heterocycles. The van der Waals surface area contributed by atoms with Crippen LogP contribution >= 0.6 is 0 Å². The van der Waals surface area contributed by atoms with Gasteiger partial charge in [-0.1, -0.05) is 19.9 Å². The number of hydrogen-bond acceptors (Lipinski definition) is 2. The molecule has 1 rings (SSSR count). The van der Waals surface area contributed by atoms with E-state index in [1.807, 2.05) is 13.8 Å². The Morgan fingerprint density at radius 3 is 2.40 bits per heavy atom. The Bertz CT molecular complexity index is 345. The van der Waals surface area contributed by atoms with E-state index in [0.29, 0.717) is 0 Å². The number of hydrogen-bond donors (Lipinski definition) is 0. The standard InChI is InChI=1S/C9H7F2NO.C2H6/c1-6-2-3-8(13-9(10)11)7(4-6)5-12;1-2/h2-4,9H,1H3;1-2H3. The molecule has 0 aliphatic rings. The largest absolute Gasteiger partial charge is 0.433 e. The van der Waals surface area contributed by atoms with Gasteiger partial charge in [0.2, 0.25) is 0 Å². The monoisotopic (exact) mass is 213 g/mol. The predicted octanol–water partition coefficient (Wildman–Crippen LogP) is 3.49.